The van der Waals surface area contributed by atoms with Crippen LogP contribution < -0.4 is 5.43 Å². The van der Waals surface area contributed by atoms with E-state index in [0.717, 1.165) is 23.6 Å². The minimum atomic E-state index is 0.872. The van der Waals surface area contributed by atoms with Crippen molar-refractivity contribution >= 4 is 23.7 Å². The fourth-order valence-corrected chi connectivity index (χ4v) is 1.64. The van der Waals surface area contributed by atoms with Crippen LogP contribution in [-0.4, -0.2) is 17.7 Å². The average molecular weight is 179 g/mol. The molecular weight excluding hydrogens is 170 g/mol. The van der Waals surface area contributed by atoms with Crippen molar-refractivity contribution in [2.24, 2.45) is 10.1 Å². The van der Waals surface area contributed by atoms with Crippen molar-refractivity contribution in [1.82, 2.24) is 5.43 Å². The minimum absolute atomic E-state index is 0.872. The van der Waals surface area contributed by atoms with Gasteiger partial charge in [0.25, 0.3) is 0 Å². The van der Waals surface area contributed by atoms with E-state index in [0.29, 0.717) is 0 Å². The zero-order valence-electron chi connectivity index (χ0n) is 6.53. The van der Waals surface area contributed by atoms with Gasteiger partial charge in [-0.15, -0.1) is 11.8 Å². The molecule has 0 bridgehead atoms. The highest BCUT2D eigenvalue weighted by atomic mass is 32.2. The summed E-state index contributed by atoms with van der Waals surface area (Å²) in [7, 11) is 0. The Morgan fingerprint density at radius 3 is 3.17 bits per heavy atom. The maximum atomic E-state index is 4.26. The zero-order valence-corrected chi connectivity index (χ0v) is 7.34. The fraction of sp³-hybridized carbons (Fsp3) is 0.250. The molecule has 0 spiro atoms. The lowest BCUT2D eigenvalue weighted by atomic mass is 10.2. The minimum Gasteiger partial charge on any atom is -0.286 e. The van der Waals surface area contributed by atoms with Crippen LogP contribution in [-0.2, 0) is 0 Å². The standard InChI is InChI=1S/C8H9N3S/c1-2-7(11-10-3-1)8-6-12-5-4-9-8/h1,3-4,6,10H,2,5H2. The van der Waals surface area contributed by atoms with Crippen LogP contribution in [0, 0.1) is 0 Å². The first-order chi connectivity index (χ1) is 5.97. The molecule has 0 aromatic heterocycles. The number of rotatable bonds is 1. The maximum Gasteiger partial charge on any atom is 0.0925 e. The Morgan fingerprint density at radius 1 is 1.50 bits per heavy atom. The van der Waals surface area contributed by atoms with E-state index < -0.39 is 0 Å². The Hall–Kier alpha value is -1.03. The first kappa shape index (κ1) is 7.61. The van der Waals surface area contributed by atoms with Crippen molar-refractivity contribution in [3.05, 3.63) is 23.4 Å². The number of hydrogen-bond donors (Lipinski definition) is 1. The number of nitrogens with zero attached hydrogens (tertiary/aromatic N) is 2. The normalized spacial score (nSPS) is 21.3. The molecule has 4 heteroatoms. The molecule has 2 aliphatic rings. The molecule has 0 aliphatic carbocycles. The zero-order chi connectivity index (χ0) is 8.23. The molecule has 0 amide bonds. The van der Waals surface area contributed by atoms with Gasteiger partial charge in [-0.3, -0.25) is 10.4 Å². The third-order valence-electron chi connectivity index (χ3n) is 1.59. The molecule has 0 aromatic rings. The summed E-state index contributed by atoms with van der Waals surface area (Å²) in [6, 6.07) is 0. The third-order valence-corrected chi connectivity index (χ3v) is 2.33. The molecule has 0 fully saturated rings. The van der Waals surface area contributed by atoms with E-state index in [4.69, 9.17) is 0 Å². The van der Waals surface area contributed by atoms with Gasteiger partial charge in [-0.2, -0.15) is 5.10 Å². The van der Waals surface area contributed by atoms with E-state index in [1.54, 1.807) is 11.8 Å². The van der Waals surface area contributed by atoms with Crippen LogP contribution in [0.15, 0.2) is 33.5 Å². The van der Waals surface area contributed by atoms with Gasteiger partial charge in [-0.05, 0) is 5.41 Å². The van der Waals surface area contributed by atoms with E-state index in [9.17, 15) is 0 Å². The fourth-order valence-electron chi connectivity index (χ4n) is 1.02. The molecule has 1 N–H and O–H groups in total. The second kappa shape index (κ2) is 3.58. The number of aliphatic imine (C=N–C) groups is 1. The molecule has 2 rings (SSSR count). The summed E-state index contributed by atoms with van der Waals surface area (Å²) in [5, 5.41) is 6.19. The Bertz CT molecular complexity index is 289. The third kappa shape index (κ3) is 1.58. The predicted octanol–water partition coefficient (Wildman–Crippen LogP) is 1.51. The van der Waals surface area contributed by atoms with Gasteiger partial charge in [-0.1, -0.05) is 6.08 Å². The average Bonchev–Trinajstić information content (AvgIpc) is 2.21. The van der Waals surface area contributed by atoms with Crippen molar-refractivity contribution in [2.45, 2.75) is 6.42 Å². The largest absolute Gasteiger partial charge is 0.286 e. The number of thioether (sulfide) groups is 1. The van der Waals surface area contributed by atoms with Crippen LogP contribution in [0.25, 0.3) is 0 Å². The van der Waals surface area contributed by atoms with Gasteiger partial charge in [0, 0.05) is 24.6 Å². The smallest absolute Gasteiger partial charge is 0.0925 e. The van der Waals surface area contributed by atoms with Crippen LogP contribution in [0.2, 0.25) is 0 Å². The highest BCUT2D eigenvalue weighted by Gasteiger charge is 2.08. The van der Waals surface area contributed by atoms with E-state index in [-0.39, 0.29) is 0 Å². The van der Waals surface area contributed by atoms with Gasteiger partial charge in [0.05, 0.1) is 11.4 Å². The molecule has 3 nitrogen and oxygen atoms in total. The van der Waals surface area contributed by atoms with Gasteiger partial charge in [0.2, 0.25) is 0 Å². The first-order valence-electron chi connectivity index (χ1n) is 3.78. The molecule has 0 saturated heterocycles. The highest BCUT2D eigenvalue weighted by Crippen LogP contribution is 2.16. The topological polar surface area (TPSA) is 36.8 Å². The lowest BCUT2D eigenvalue weighted by molar-refractivity contribution is 0.931. The van der Waals surface area contributed by atoms with Crippen LogP contribution in [0.3, 0.4) is 0 Å². The molecular formula is C8H9N3S. The second-order valence-corrected chi connectivity index (χ2v) is 3.34. The van der Waals surface area contributed by atoms with Crippen LogP contribution >= 0.6 is 11.8 Å². The molecule has 0 unspecified atom stereocenters. The predicted molar refractivity (Wildman–Crippen MR) is 53.4 cm³/mol. The molecule has 2 heterocycles. The summed E-state index contributed by atoms with van der Waals surface area (Å²) in [4.78, 5) is 4.26. The quantitative estimate of drug-likeness (QED) is 0.662. The van der Waals surface area contributed by atoms with Gasteiger partial charge in [0.1, 0.15) is 0 Å². The van der Waals surface area contributed by atoms with Gasteiger partial charge in [-0.25, -0.2) is 0 Å². The summed E-state index contributed by atoms with van der Waals surface area (Å²) in [5.74, 6) is 0.972. The van der Waals surface area contributed by atoms with Gasteiger partial charge < -0.3 is 0 Å². The number of hydrogen-bond acceptors (Lipinski definition) is 4. The molecule has 2 aliphatic heterocycles. The van der Waals surface area contributed by atoms with Crippen molar-refractivity contribution < 1.29 is 0 Å². The van der Waals surface area contributed by atoms with Crippen molar-refractivity contribution in [3.8, 4) is 0 Å². The van der Waals surface area contributed by atoms with E-state index >= 15 is 0 Å². The summed E-state index contributed by atoms with van der Waals surface area (Å²) in [6.45, 7) is 0. The van der Waals surface area contributed by atoms with E-state index in [1.165, 1.54) is 0 Å². The SMILES string of the molecule is C1=CNN=C(C2=CSCC=N2)C1. The molecule has 12 heavy (non-hydrogen) atoms. The number of nitrogens with one attached hydrogen (secondary N) is 1. The lowest BCUT2D eigenvalue weighted by Gasteiger charge is -2.10. The maximum absolute atomic E-state index is 4.26. The Labute approximate surface area is 75.3 Å². The molecule has 0 radical (unpaired) electrons. The summed E-state index contributed by atoms with van der Waals surface area (Å²) in [6.07, 6.45) is 6.67. The van der Waals surface area contributed by atoms with Crippen molar-refractivity contribution in [2.75, 3.05) is 5.75 Å². The van der Waals surface area contributed by atoms with Crippen LogP contribution in [0.5, 0.6) is 0 Å². The molecule has 62 valence electrons. The lowest BCUT2D eigenvalue weighted by Crippen LogP contribution is -2.11. The Morgan fingerprint density at radius 2 is 2.50 bits per heavy atom. The van der Waals surface area contributed by atoms with Gasteiger partial charge >= 0.3 is 0 Å². The van der Waals surface area contributed by atoms with E-state index in [1.807, 2.05) is 18.5 Å². The monoisotopic (exact) mass is 179 g/mol. The summed E-state index contributed by atoms with van der Waals surface area (Å²) < 4.78 is 0. The van der Waals surface area contributed by atoms with Crippen molar-refractivity contribution in [3.63, 3.8) is 0 Å². The molecule has 0 atom stereocenters. The Balaban J connectivity index is 2.13. The Kier molecular flexibility index (Phi) is 2.27. The molecule has 0 saturated carbocycles. The first-order valence-corrected chi connectivity index (χ1v) is 4.83. The van der Waals surface area contributed by atoms with Crippen molar-refractivity contribution in [1.29, 1.82) is 0 Å². The second-order valence-electron chi connectivity index (χ2n) is 2.44. The van der Waals surface area contributed by atoms with E-state index in [2.05, 4.69) is 20.9 Å². The number of hydrazone groups is 1. The highest BCUT2D eigenvalue weighted by molar-refractivity contribution is 8.02. The van der Waals surface area contributed by atoms with Crippen LogP contribution in [0.4, 0.5) is 0 Å². The van der Waals surface area contributed by atoms with Crippen LogP contribution in [0.1, 0.15) is 6.42 Å². The summed E-state index contributed by atoms with van der Waals surface area (Å²) in [5.41, 5.74) is 4.82. The van der Waals surface area contributed by atoms with Gasteiger partial charge in [0.15, 0.2) is 0 Å². The number of allylic oxidation sites excluding steroid dienone is 2. The summed E-state index contributed by atoms with van der Waals surface area (Å²) >= 11 is 1.75. The molecule has 0 aromatic carbocycles.